The third-order valence-corrected chi connectivity index (χ3v) is 5.33. The Balaban J connectivity index is 1.54. The topological polar surface area (TPSA) is 96.2 Å². The Hall–Kier alpha value is -3.52. The number of nitrogens with zero attached hydrogens (tertiary/aromatic N) is 3. The largest absolute Gasteiger partial charge is 0.484 e. The second-order valence-corrected chi connectivity index (χ2v) is 7.49. The zero-order chi connectivity index (χ0) is 20.8. The van der Waals surface area contributed by atoms with Crippen molar-refractivity contribution >= 4 is 17.7 Å². The highest BCUT2D eigenvalue weighted by molar-refractivity contribution is 7.98. The molecule has 0 radical (unpaired) electrons. The maximum absolute atomic E-state index is 10.9. The van der Waals surface area contributed by atoms with Gasteiger partial charge in [0.1, 0.15) is 5.75 Å². The summed E-state index contributed by atoms with van der Waals surface area (Å²) in [6.07, 6.45) is 1.63. The van der Waals surface area contributed by atoms with Crippen LogP contribution in [0, 0.1) is 0 Å². The van der Waals surface area contributed by atoms with Crippen molar-refractivity contribution in [2.45, 2.75) is 17.5 Å². The van der Waals surface area contributed by atoms with Gasteiger partial charge in [-0.25, -0.2) is 0 Å². The minimum absolute atomic E-state index is 0.144. The van der Waals surface area contributed by atoms with Gasteiger partial charge in [0.25, 0.3) is 5.91 Å². The molecule has 4 aromatic rings. The van der Waals surface area contributed by atoms with Crippen LogP contribution in [0.15, 0.2) is 82.6 Å². The van der Waals surface area contributed by atoms with Crippen LogP contribution in [-0.4, -0.2) is 27.3 Å². The number of furan rings is 1. The van der Waals surface area contributed by atoms with Gasteiger partial charge in [-0.2, -0.15) is 0 Å². The molecule has 7 nitrogen and oxygen atoms in total. The van der Waals surface area contributed by atoms with Crippen LogP contribution in [0.25, 0.3) is 11.6 Å². The van der Waals surface area contributed by atoms with Gasteiger partial charge < -0.3 is 14.9 Å². The minimum Gasteiger partial charge on any atom is -0.484 e. The molecule has 0 fully saturated rings. The van der Waals surface area contributed by atoms with Crippen molar-refractivity contribution in [2.75, 3.05) is 6.61 Å². The first-order chi connectivity index (χ1) is 14.7. The van der Waals surface area contributed by atoms with E-state index < -0.39 is 5.91 Å². The van der Waals surface area contributed by atoms with E-state index in [0.29, 0.717) is 29.6 Å². The van der Waals surface area contributed by atoms with Crippen molar-refractivity contribution in [1.82, 2.24) is 14.8 Å². The molecule has 4 rings (SSSR count). The fourth-order valence-corrected chi connectivity index (χ4v) is 3.80. The maximum Gasteiger partial charge on any atom is 0.255 e. The van der Waals surface area contributed by atoms with Gasteiger partial charge in [0, 0.05) is 5.75 Å². The molecule has 0 spiro atoms. The van der Waals surface area contributed by atoms with E-state index in [0.717, 1.165) is 16.3 Å². The molecule has 2 aromatic carbocycles. The standard InChI is InChI=1S/C22H20N4O3S/c23-20(27)14-29-18-9-4-8-17(12-18)15-30-22-25-24-21(19-10-5-11-28-19)26(22)13-16-6-2-1-3-7-16/h1-12H,13-15H2,(H2,23,27). The summed E-state index contributed by atoms with van der Waals surface area (Å²) >= 11 is 1.57. The summed E-state index contributed by atoms with van der Waals surface area (Å²) in [5.74, 6) is 2.12. The molecule has 2 heterocycles. The summed E-state index contributed by atoms with van der Waals surface area (Å²) in [7, 11) is 0. The predicted molar refractivity (Wildman–Crippen MR) is 114 cm³/mol. The number of hydrogen-bond acceptors (Lipinski definition) is 6. The lowest BCUT2D eigenvalue weighted by Gasteiger charge is -2.10. The highest BCUT2D eigenvalue weighted by Crippen LogP contribution is 2.28. The average Bonchev–Trinajstić information content (AvgIpc) is 3.42. The molecular weight excluding hydrogens is 400 g/mol. The van der Waals surface area contributed by atoms with Gasteiger partial charge in [0.15, 0.2) is 17.5 Å². The predicted octanol–water partition coefficient (Wildman–Crippen LogP) is 3.74. The molecule has 0 saturated heterocycles. The van der Waals surface area contributed by atoms with E-state index in [2.05, 4.69) is 22.3 Å². The fraction of sp³-hybridized carbons (Fsp3) is 0.136. The molecule has 0 unspecified atom stereocenters. The zero-order valence-electron chi connectivity index (χ0n) is 16.1. The van der Waals surface area contributed by atoms with E-state index in [4.69, 9.17) is 14.9 Å². The first kappa shape index (κ1) is 19.8. The Labute approximate surface area is 177 Å². The van der Waals surface area contributed by atoms with Gasteiger partial charge >= 0.3 is 0 Å². The molecule has 152 valence electrons. The number of ether oxygens (including phenoxy) is 1. The molecule has 0 saturated carbocycles. The molecule has 1 amide bonds. The molecule has 0 atom stereocenters. The van der Waals surface area contributed by atoms with Crippen LogP contribution < -0.4 is 10.5 Å². The summed E-state index contributed by atoms with van der Waals surface area (Å²) in [6.45, 7) is 0.489. The van der Waals surface area contributed by atoms with Crippen LogP contribution in [-0.2, 0) is 17.1 Å². The first-order valence-corrected chi connectivity index (χ1v) is 10.3. The monoisotopic (exact) mass is 420 g/mol. The summed E-state index contributed by atoms with van der Waals surface area (Å²) in [5, 5.41) is 9.53. The molecule has 0 aliphatic carbocycles. The Morgan fingerprint density at radius 1 is 1.03 bits per heavy atom. The Kier molecular flexibility index (Phi) is 6.14. The van der Waals surface area contributed by atoms with E-state index in [9.17, 15) is 4.79 Å². The fourth-order valence-electron chi connectivity index (χ4n) is 2.92. The lowest BCUT2D eigenvalue weighted by Crippen LogP contribution is -2.20. The third-order valence-electron chi connectivity index (χ3n) is 4.29. The van der Waals surface area contributed by atoms with Crippen LogP contribution in [0.1, 0.15) is 11.1 Å². The molecule has 30 heavy (non-hydrogen) atoms. The first-order valence-electron chi connectivity index (χ1n) is 9.33. The maximum atomic E-state index is 10.9. The normalized spacial score (nSPS) is 10.8. The highest BCUT2D eigenvalue weighted by atomic mass is 32.2. The van der Waals surface area contributed by atoms with E-state index >= 15 is 0 Å². The van der Waals surface area contributed by atoms with Crippen LogP contribution in [0.2, 0.25) is 0 Å². The average molecular weight is 420 g/mol. The number of aromatic nitrogens is 3. The van der Waals surface area contributed by atoms with Crippen molar-refractivity contribution in [3.8, 4) is 17.3 Å². The van der Waals surface area contributed by atoms with Gasteiger partial charge in [-0.05, 0) is 35.4 Å². The quantitative estimate of drug-likeness (QED) is 0.414. The van der Waals surface area contributed by atoms with Gasteiger partial charge in [-0.1, -0.05) is 54.2 Å². The summed E-state index contributed by atoms with van der Waals surface area (Å²) in [4.78, 5) is 10.9. The number of carbonyl (C=O) groups excluding carboxylic acids is 1. The number of hydrogen-bond donors (Lipinski definition) is 1. The van der Waals surface area contributed by atoms with E-state index in [-0.39, 0.29) is 6.61 Å². The zero-order valence-corrected chi connectivity index (χ0v) is 16.9. The number of carbonyl (C=O) groups is 1. The van der Waals surface area contributed by atoms with Crippen LogP contribution >= 0.6 is 11.8 Å². The van der Waals surface area contributed by atoms with E-state index in [1.807, 2.05) is 53.1 Å². The van der Waals surface area contributed by atoms with Crippen molar-refractivity contribution < 1.29 is 13.9 Å². The highest BCUT2D eigenvalue weighted by Gasteiger charge is 2.17. The molecule has 0 aliphatic rings. The lowest BCUT2D eigenvalue weighted by atomic mass is 10.2. The van der Waals surface area contributed by atoms with Crippen LogP contribution in [0.5, 0.6) is 5.75 Å². The third kappa shape index (κ3) is 4.90. The molecule has 2 N–H and O–H groups in total. The van der Waals surface area contributed by atoms with Crippen molar-refractivity contribution in [2.24, 2.45) is 5.73 Å². The smallest absolute Gasteiger partial charge is 0.255 e. The number of nitrogens with two attached hydrogens (primary N) is 1. The summed E-state index contributed by atoms with van der Waals surface area (Å²) in [5.41, 5.74) is 7.33. The number of amides is 1. The van der Waals surface area contributed by atoms with Crippen LogP contribution in [0.4, 0.5) is 0 Å². The van der Waals surface area contributed by atoms with E-state index in [1.54, 1.807) is 24.1 Å². The van der Waals surface area contributed by atoms with Gasteiger partial charge in [0.2, 0.25) is 5.82 Å². The molecule has 8 heteroatoms. The second-order valence-electron chi connectivity index (χ2n) is 6.55. The second kappa shape index (κ2) is 9.32. The number of benzene rings is 2. The van der Waals surface area contributed by atoms with Gasteiger partial charge in [-0.3, -0.25) is 9.36 Å². The summed E-state index contributed by atoms with van der Waals surface area (Å²) < 4.78 is 13.0. The molecular formula is C22H20N4O3S. The summed E-state index contributed by atoms with van der Waals surface area (Å²) in [6, 6.07) is 21.4. The van der Waals surface area contributed by atoms with Crippen molar-refractivity contribution in [3.05, 3.63) is 84.1 Å². The van der Waals surface area contributed by atoms with E-state index in [1.165, 1.54) is 0 Å². The Bertz CT molecular complexity index is 1110. The van der Waals surface area contributed by atoms with Gasteiger partial charge in [0.05, 0.1) is 12.8 Å². The number of primary amides is 1. The van der Waals surface area contributed by atoms with Crippen molar-refractivity contribution in [1.29, 1.82) is 0 Å². The minimum atomic E-state index is -0.505. The number of thioether (sulfide) groups is 1. The number of rotatable bonds is 9. The van der Waals surface area contributed by atoms with Gasteiger partial charge in [-0.15, -0.1) is 10.2 Å². The van der Waals surface area contributed by atoms with Crippen molar-refractivity contribution in [3.63, 3.8) is 0 Å². The Morgan fingerprint density at radius 2 is 1.87 bits per heavy atom. The SMILES string of the molecule is NC(=O)COc1cccc(CSc2nnc(-c3ccco3)n2Cc2ccccc2)c1. The molecule has 2 aromatic heterocycles. The molecule has 0 bridgehead atoms. The lowest BCUT2D eigenvalue weighted by molar-refractivity contribution is -0.119. The molecule has 0 aliphatic heterocycles. The van der Waals surface area contributed by atoms with Crippen LogP contribution in [0.3, 0.4) is 0 Å². The Morgan fingerprint density at radius 3 is 2.63 bits per heavy atom.